The van der Waals surface area contributed by atoms with E-state index in [1.807, 2.05) is 84.9 Å². The van der Waals surface area contributed by atoms with E-state index in [1.54, 1.807) is 16.8 Å². The van der Waals surface area contributed by atoms with Gasteiger partial charge in [0.25, 0.3) is 0 Å². The van der Waals surface area contributed by atoms with Gasteiger partial charge in [0.1, 0.15) is 5.52 Å². The van der Waals surface area contributed by atoms with Crippen LogP contribution in [0.25, 0.3) is 16.7 Å². The molecule has 0 atom stereocenters. The van der Waals surface area contributed by atoms with Gasteiger partial charge in [-0.05, 0) is 29.3 Å². The number of nitrogens with zero attached hydrogens (tertiary/aromatic N) is 3. The summed E-state index contributed by atoms with van der Waals surface area (Å²) in [7, 11) is 0. The first kappa shape index (κ1) is 16.9. The maximum atomic E-state index is 12.1. The van der Waals surface area contributed by atoms with Crippen molar-refractivity contribution in [3.8, 4) is 0 Å². The van der Waals surface area contributed by atoms with Crippen molar-refractivity contribution in [1.82, 2.24) is 15.0 Å². The van der Waals surface area contributed by atoms with Crippen LogP contribution in [0.4, 0.5) is 0 Å². The lowest BCUT2D eigenvalue weighted by atomic mass is 9.83. The predicted molar refractivity (Wildman–Crippen MR) is 108 cm³/mol. The standard InChI is InChI=1S/C23H19N3O/c1-2-11-22(26-21-17-10-9-16-20(21)24-25-26)23(27,18-12-5-3-6-13-18)19-14-7-4-8-15-19/h2-17,27H,1H2/b22-11+. The third-order valence-electron chi connectivity index (χ3n) is 4.61. The van der Waals surface area contributed by atoms with Crippen molar-refractivity contribution in [2.24, 2.45) is 0 Å². The molecule has 0 fully saturated rings. The number of hydrogen-bond acceptors (Lipinski definition) is 3. The lowest BCUT2D eigenvalue weighted by molar-refractivity contribution is 0.138. The SMILES string of the molecule is C=C/C=C(/n1nnc2ccccc21)C(O)(c1ccccc1)c1ccccc1. The quantitative estimate of drug-likeness (QED) is 0.541. The highest BCUT2D eigenvalue weighted by Crippen LogP contribution is 2.39. The predicted octanol–water partition coefficient (Wildman–Crippen LogP) is 4.39. The van der Waals surface area contributed by atoms with Gasteiger partial charge in [0.15, 0.2) is 5.60 Å². The molecule has 1 N–H and O–H groups in total. The van der Waals surface area contributed by atoms with Gasteiger partial charge in [-0.25, -0.2) is 4.68 Å². The minimum absolute atomic E-state index is 0.559. The van der Waals surface area contributed by atoms with E-state index >= 15 is 0 Å². The summed E-state index contributed by atoms with van der Waals surface area (Å²) in [6.07, 6.45) is 3.43. The Hall–Kier alpha value is -3.50. The number of para-hydroxylation sites is 1. The fourth-order valence-electron chi connectivity index (χ4n) is 3.32. The van der Waals surface area contributed by atoms with Crippen LogP contribution < -0.4 is 0 Å². The Bertz CT molecular complexity index is 1060. The van der Waals surface area contributed by atoms with Gasteiger partial charge < -0.3 is 5.11 Å². The number of benzene rings is 3. The van der Waals surface area contributed by atoms with Crippen LogP contribution in [0.1, 0.15) is 11.1 Å². The Balaban J connectivity index is 2.03. The first-order valence-corrected chi connectivity index (χ1v) is 8.72. The average Bonchev–Trinajstić information content (AvgIpc) is 3.16. The van der Waals surface area contributed by atoms with Gasteiger partial charge >= 0.3 is 0 Å². The summed E-state index contributed by atoms with van der Waals surface area (Å²) in [6, 6.07) is 26.8. The van der Waals surface area contributed by atoms with Gasteiger partial charge in [0.05, 0.1) is 11.2 Å². The Labute approximate surface area is 157 Å². The number of fused-ring (bicyclic) bond motifs is 1. The second-order valence-corrected chi connectivity index (χ2v) is 6.22. The van der Waals surface area contributed by atoms with E-state index in [-0.39, 0.29) is 0 Å². The zero-order chi connectivity index (χ0) is 18.7. The van der Waals surface area contributed by atoms with E-state index in [4.69, 9.17) is 0 Å². The van der Waals surface area contributed by atoms with Crippen LogP contribution in [-0.2, 0) is 5.60 Å². The Kier molecular flexibility index (Phi) is 4.40. The highest BCUT2D eigenvalue weighted by molar-refractivity contribution is 5.80. The Morgan fingerprint density at radius 3 is 2.00 bits per heavy atom. The van der Waals surface area contributed by atoms with Crippen molar-refractivity contribution < 1.29 is 5.11 Å². The van der Waals surface area contributed by atoms with E-state index in [2.05, 4.69) is 16.9 Å². The third kappa shape index (κ3) is 2.86. The van der Waals surface area contributed by atoms with Crippen LogP contribution in [0.15, 0.2) is 104 Å². The summed E-state index contributed by atoms with van der Waals surface area (Å²) in [5.41, 5.74) is 2.19. The number of hydrogen-bond donors (Lipinski definition) is 1. The molecule has 0 amide bonds. The Morgan fingerprint density at radius 1 is 0.852 bits per heavy atom. The van der Waals surface area contributed by atoms with Gasteiger partial charge in [-0.2, -0.15) is 0 Å². The van der Waals surface area contributed by atoms with Gasteiger partial charge in [0.2, 0.25) is 0 Å². The Morgan fingerprint density at radius 2 is 1.41 bits per heavy atom. The summed E-state index contributed by atoms with van der Waals surface area (Å²) in [6.45, 7) is 3.84. The molecule has 0 aliphatic carbocycles. The van der Waals surface area contributed by atoms with E-state index in [0.717, 1.165) is 22.2 Å². The molecule has 0 unspecified atom stereocenters. The number of rotatable bonds is 5. The normalized spacial score (nSPS) is 12.3. The number of aliphatic hydroxyl groups is 1. The lowest BCUT2D eigenvalue weighted by Crippen LogP contribution is -2.32. The maximum absolute atomic E-state index is 12.1. The molecule has 27 heavy (non-hydrogen) atoms. The van der Waals surface area contributed by atoms with Crippen LogP contribution in [0.3, 0.4) is 0 Å². The second-order valence-electron chi connectivity index (χ2n) is 6.22. The summed E-state index contributed by atoms with van der Waals surface area (Å²) in [5, 5.41) is 20.6. The van der Waals surface area contributed by atoms with Crippen LogP contribution in [0.2, 0.25) is 0 Å². The summed E-state index contributed by atoms with van der Waals surface area (Å²) >= 11 is 0. The molecule has 4 aromatic rings. The molecule has 0 aliphatic heterocycles. The molecular weight excluding hydrogens is 334 g/mol. The first-order valence-electron chi connectivity index (χ1n) is 8.72. The van der Waals surface area contributed by atoms with Gasteiger partial charge in [-0.1, -0.05) is 90.7 Å². The lowest BCUT2D eigenvalue weighted by Gasteiger charge is -2.32. The molecule has 4 rings (SSSR count). The zero-order valence-electron chi connectivity index (χ0n) is 14.7. The molecule has 0 radical (unpaired) electrons. The van der Waals surface area contributed by atoms with Crippen LogP contribution in [0, 0.1) is 0 Å². The highest BCUT2D eigenvalue weighted by Gasteiger charge is 2.38. The fourth-order valence-corrected chi connectivity index (χ4v) is 3.32. The van der Waals surface area contributed by atoms with Crippen LogP contribution in [0.5, 0.6) is 0 Å². The first-order chi connectivity index (χ1) is 13.2. The minimum atomic E-state index is -1.42. The molecule has 1 aromatic heterocycles. The van der Waals surface area contributed by atoms with Crippen molar-refractivity contribution in [3.05, 3.63) is 115 Å². The largest absolute Gasteiger partial charge is 0.374 e. The average molecular weight is 353 g/mol. The van der Waals surface area contributed by atoms with Gasteiger partial charge in [0, 0.05) is 0 Å². The molecule has 4 nitrogen and oxygen atoms in total. The number of allylic oxidation sites excluding steroid dienone is 2. The summed E-state index contributed by atoms with van der Waals surface area (Å²) in [4.78, 5) is 0. The van der Waals surface area contributed by atoms with Crippen LogP contribution >= 0.6 is 0 Å². The zero-order valence-corrected chi connectivity index (χ0v) is 14.7. The van der Waals surface area contributed by atoms with Gasteiger partial charge in [-0.15, -0.1) is 5.10 Å². The molecule has 1 heterocycles. The van der Waals surface area contributed by atoms with E-state index < -0.39 is 5.60 Å². The third-order valence-corrected chi connectivity index (χ3v) is 4.61. The topological polar surface area (TPSA) is 50.9 Å². The molecule has 0 spiro atoms. The summed E-state index contributed by atoms with van der Waals surface area (Å²) < 4.78 is 1.68. The smallest absolute Gasteiger partial charge is 0.157 e. The number of aromatic nitrogens is 3. The van der Waals surface area contributed by atoms with E-state index in [9.17, 15) is 5.11 Å². The fraction of sp³-hybridized carbons (Fsp3) is 0.0435. The molecule has 4 heteroatoms. The monoisotopic (exact) mass is 353 g/mol. The van der Waals surface area contributed by atoms with Crippen molar-refractivity contribution in [2.75, 3.05) is 0 Å². The maximum Gasteiger partial charge on any atom is 0.157 e. The minimum Gasteiger partial charge on any atom is -0.374 e. The van der Waals surface area contributed by atoms with Crippen molar-refractivity contribution in [2.45, 2.75) is 5.60 Å². The van der Waals surface area contributed by atoms with E-state index in [0.29, 0.717) is 5.70 Å². The highest BCUT2D eigenvalue weighted by atomic mass is 16.3. The summed E-state index contributed by atoms with van der Waals surface area (Å²) in [5.74, 6) is 0. The van der Waals surface area contributed by atoms with Crippen LogP contribution in [-0.4, -0.2) is 20.1 Å². The molecule has 0 saturated carbocycles. The van der Waals surface area contributed by atoms with Crippen molar-refractivity contribution in [1.29, 1.82) is 0 Å². The molecule has 0 bridgehead atoms. The van der Waals surface area contributed by atoms with Crippen molar-refractivity contribution in [3.63, 3.8) is 0 Å². The van der Waals surface area contributed by atoms with Gasteiger partial charge in [-0.3, -0.25) is 0 Å². The van der Waals surface area contributed by atoms with Crippen molar-refractivity contribution >= 4 is 16.7 Å². The molecular formula is C23H19N3O. The molecule has 3 aromatic carbocycles. The molecule has 132 valence electrons. The molecule has 0 saturated heterocycles. The van der Waals surface area contributed by atoms with E-state index in [1.165, 1.54) is 0 Å². The second kappa shape index (κ2) is 7.02. The molecule has 0 aliphatic rings.